The van der Waals surface area contributed by atoms with Crippen LogP contribution < -0.4 is 20.3 Å². The molecule has 0 aliphatic rings. The van der Waals surface area contributed by atoms with Crippen LogP contribution in [0.4, 0.5) is 5.69 Å². The second-order valence-corrected chi connectivity index (χ2v) is 9.97. The zero-order chi connectivity index (χ0) is 27.2. The minimum absolute atomic E-state index is 0.152. The molecule has 0 aliphatic carbocycles. The predicted molar refractivity (Wildman–Crippen MR) is 155 cm³/mol. The van der Waals surface area contributed by atoms with Gasteiger partial charge in [-0.1, -0.05) is 56.8 Å². The molecule has 1 N–H and O–H groups in total. The van der Waals surface area contributed by atoms with E-state index in [0.717, 1.165) is 62.3 Å². The Hall–Kier alpha value is -3.02. The van der Waals surface area contributed by atoms with Gasteiger partial charge in [-0.2, -0.15) is 0 Å². The molecule has 6 heteroatoms. The zero-order valence-corrected chi connectivity index (χ0v) is 23.7. The summed E-state index contributed by atoms with van der Waals surface area (Å²) in [5, 5.41) is 3.65. The molecule has 37 heavy (non-hydrogen) atoms. The monoisotopic (exact) mass is 510 g/mol. The maximum absolute atomic E-state index is 13.7. The smallest absolute Gasteiger partial charge is 0.297 e. The van der Waals surface area contributed by atoms with Crippen molar-refractivity contribution in [2.24, 2.45) is 0 Å². The number of nitrogens with zero attached hydrogens (tertiary/aromatic N) is 1. The number of amides is 1. The molecule has 2 aromatic rings. The van der Waals surface area contributed by atoms with E-state index in [2.05, 4.69) is 46.0 Å². The fourth-order valence-corrected chi connectivity index (χ4v) is 4.15. The Morgan fingerprint density at radius 1 is 0.946 bits per heavy atom. The molecule has 1 heterocycles. The molecular weight excluding hydrogens is 464 g/mol. The Kier molecular flexibility index (Phi) is 13.0. The quantitative estimate of drug-likeness (QED) is 0.185. The molecule has 1 amide bonds. The molecule has 2 rings (SSSR count). The van der Waals surface area contributed by atoms with E-state index in [4.69, 9.17) is 9.47 Å². The number of fused-ring (bicyclic) bond motifs is 1. The molecular formula is C31H46N2O4. The van der Waals surface area contributed by atoms with Crippen molar-refractivity contribution in [3.05, 3.63) is 51.9 Å². The first kappa shape index (κ1) is 30.2. The van der Waals surface area contributed by atoms with Crippen LogP contribution in [0.3, 0.4) is 0 Å². The molecule has 0 bridgehead atoms. The van der Waals surface area contributed by atoms with Gasteiger partial charge in [-0.05, 0) is 70.7 Å². The molecule has 1 aromatic carbocycles. The van der Waals surface area contributed by atoms with Gasteiger partial charge in [-0.3, -0.25) is 9.59 Å². The van der Waals surface area contributed by atoms with Gasteiger partial charge >= 0.3 is 0 Å². The molecule has 0 aliphatic heterocycles. The molecule has 6 nitrogen and oxygen atoms in total. The minimum atomic E-state index is -0.194. The molecule has 0 unspecified atom stereocenters. The van der Waals surface area contributed by atoms with E-state index in [0.29, 0.717) is 31.2 Å². The van der Waals surface area contributed by atoms with Crippen molar-refractivity contribution in [2.75, 3.05) is 18.5 Å². The van der Waals surface area contributed by atoms with Crippen LogP contribution in [0.1, 0.15) is 92.9 Å². The lowest BCUT2D eigenvalue weighted by molar-refractivity contribution is -0.114. The lowest BCUT2D eigenvalue weighted by Gasteiger charge is -2.19. The summed E-state index contributed by atoms with van der Waals surface area (Å²) >= 11 is 0. The van der Waals surface area contributed by atoms with E-state index >= 15 is 0 Å². The van der Waals surface area contributed by atoms with E-state index in [1.165, 1.54) is 18.1 Å². The van der Waals surface area contributed by atoms with Crippen LogP contribution in [-0.2, 0) is 11.3 Å². The predicted octanol–water partition coefficient (Wildman–Crippen LogP) is 7.79. The van der Waals surface area contributed by atoms with Crippen molar-refractivity contribution in [3.63, 3.8) is 0 Å². The van der Waals surface area contributed by atoms with E-state index in [9.17, 15) is 9.59 Å². The molecule has 0 atom stereocenters. The van der Waals surface area contributed by atoms with Gasteiger partial charge < -0.3 is 19.4 Å². The Morgan fingerprint density at radius 3 is 2.38 bits per heavy atom. The number of ether oxygens (including phenoxy) is 2. The maximum Gasteiger partial charge on any atom is 0.297 e. The van der Waals surface area contributed by atoms with Crippen LogP contribution in [0.2, 0.25) is 0 Å². The summed E-state index contributed by atoms with van der Waals surface area (Å²) in [7, 11) is 0. The van der Waals surface area contributed by atoms with Gasteiger partial charge in [-0.25, -0.2) is 0 Å². The van der Waals surface area contributed by atoms with Gasteiger partial charge in [0, 0.05) is 24.5 Å². The topological polar surface area (TPSA) is 69.6 Å². The molecule has 204 valence electrons. The summed E-state index contributed by atoms with van der Waals surface area (Å²) in [4.78, 5) is 25.4. The normalized spacial score (nSPS) is 11.5. The number of allylic oxidation sites excluding steroid dienone is 3. The van der Waals surface area contributed by atoms with Crippen molar-refractivity contribution in [1.82, 2.24) is 4.57 Å². The first-order valence-electron chi connectivity index (χ1n) is 13.8. The average Bonchev–Trinajstić information content (AvgIpc) is 2.84. The van der Waals surface area contributed by atoms with Crippen LogP contribution >= 0.6 is 0 Å². The minimum Gasteiger partial charge on any atom is -0.489 e. The first-order chi connectivity index (χ1) is 17.8. The summed E-state index contributed by atoms with van der Waals surface area (Å²) in [5.74, 6) is 0.606. The SMILES string of the molecule is CCCCCCOc1c(OCC=C(C)CCC=C(C)C)c(=O)n(CCCC)c2cc(NC(C)=O)ccc12. The Balaban J connectivity index is 2.48. The average molecular weight is 511 g/mol. The van der Waals surface area contributed by atoms with Crippen LogP contribution in [0, 0.1) is 0 Å². The third-order valence-corrected chi connectivity index (χ3v) is 6.23. The van der Waals surface area contributed by atoms with Gasteiger partial charge in [0.25, 0.3) is 5.56 Å². The molecule has 0 spiro atoms. The molecule has 0 saturated heterocycles. The van der Waals surface area contributed by atoms with Gasteiger partial charge in [0.15, 0.2) is 5.75 Å². The summed E-state index contributed by atoms with van der Waals surface area (Å²) in [6.45, 7) is 13.5. The summed E-state index contributed by atoms with van der Waals surface area (Å²) in [6.07, 6.45) is 12.3. The fraction of sp³-hybridized carbons (Fsp3) is 0.548. The number of nitrogens with one attached hydrogen (secondary N) is 1. The number of anilines is 1. The van der Waals surface area contributed by atoms with Crippen molar-refractivity contribution < 1.29 is 14.3 Å². The van der Waals surface area contributed by atoms with E-state index < -0.39 is 0 Å². The van der Waals surface area contributed by atoms with Crippen molar-refractivity contribution >= 4 is 22.5 Å². The van der Waals surface area contributed by atoms with E-state index in [1.54, 1.807) is 4.57 Å². The molecule has 0 radical (unpaired) electrons. The van der Waals surface area contributed by atoms with Crippen LogP contribution in [0.25, 0.3) is 10.9 Å². The van der Waals surface area contributed by atoms with Crippen LogP contribution in [0.5, 0.6) is 11.5 Å². The number of unbranched alkanes of at least 4 members (excludes halogenated alkanes) is 4. The van der Waals surface area contributed by atoms with Crippen molar-refractivity contribution in [3.8, 4) is 11.5 Å². The highest BCUT2D eigenvalue weighted by Crippen LogP contribution is 2.35. The lowest BCUT2D eigenvalue weighted by atomic mass is 10.1. The van der Waals surface area contributed by atoms with Crippen molar-refractivity contribution in [1.29, 1.82) is 0 Å². The summed E-state index contributed by atoms with van der Waals surface area (Å²) < 4.78 is 14.2. The van der Waals surface area contributed by atoms with Crippen LogP contribution in [-0.4, -0.2) is 23.7 Å². The third-order valence-electron chi connectivity index (χ3n) is 6.23. The van der Waals surface area contributed by atoms with Gasteiger partial charge in [0.1, 0.15) is 6.61 Å². The largest absolute Gasteiger partial charge is 0.489 e. The number of pyridine rings is 1. The lowest BCUT2D eigenvalue weighted by Crippen LogP contribution is -2.24. The number of rotatable bonds is 16. The van der Waals surface area contributed by atoms with Gasteiger partial charge in [0.2, 0.25) is 11.7 Å². The zero-order valence-electron chi connectivity index (χ0n) is 23.7. The number of aromatic nitrogens is 1. The second kappa shape index (κ2) is 16.0. The maximum atomic E-state index is 13.7. The first-order valence-corrected chi connectivity index (χ1v) is 13.8. The molecule has 1 aromatic heterocycles. The number of carbonyl (C=O) groups is 1. The number of carbonyl (C=O) groups excluding carboxylic acids is 1. The van der Waals surface area contributed by atoms with Gasteiger partial charge in [0.05, 0.1) is 12.1 Å². The number of benzene rings is 1. The van der Waals surface area contributed by atoms with Gasteiger partial charge in [-0.15, -0.1) is 0 Å². The fourth-order valence-electron chi connectivity index (χ4n) is 4.15. The van der Waals surface area contributed by atoms with E-state index in [-0.39, 0.29) is 17.2 Å². The highest BCUT2D eigenvalue weighted by molar-refractivity contribution is 5.94. The number of hydrogen-bond donors (Lipinski definition) is 1. The summed E-state index contributed by atoms with van der Waals surface area (Å²) in [5.41, 5.74) is 3.75. The number of hydrogen-bond acceptors (Lipinski definition) is 4. The molecule has 0 fully saturated rings. The standard InChI is InChI=1S/C31H46N2O4/c1-7-9-11-12-20-36-29-27-17-16-26(32-25(6)34)22-28(27)33(19-10-8-2)31(35)30(29)37-21-18-24(5)15-13-14-23(3)4/h14,16-18,22H,7-13,15,19-21H2,1-6H3,(H,32,34). The third kappa shape index (κ3) is 9.75. The Bertz CT molecular complexity index is 1140. The highest BCUT2D eigenvalue weighted by Gasteiger charge is 2.20. The van der Waals surface area contributed by atoms with E-state index in [1.807, 2.05) is 24.3 Å². The van der Waals surface area contributed by atoms with Crippen molar-refractivity contribution in [2.45, 2.75) is 99.5 Å². The summed E-state index contributed by atoms with van der Waals surface area (Å²) in [6, 6.07) is 5.62. The number of aryl methyl sites for hydroxylation is 1. The van der Waals surface area contributed by atoms with Crippen LogP contribution in [0.15, 0.2) is 46.3 Å². The second-order valence-electron chi connectivity index (χ2n) is 9.97. The highest BCUT2D eigenvalue weighted by atomic mass is 16.5. The Labute approximate surface area is 222 Å². The Morgan fingerprint density at radius 2 is 1.70 bits per heavy atom. The molecule has 0 saturated carbocycles.